The first-order valence-electron chi connectivity index (χ1n) is 9.50. The molecule has 0 radical (unpaired) electrons. The molecule has 3 nitrogen and oxygen atoms in total. The second-order valence-electron chi connectivity index (χ2n) is 6.94. The van der Waals surface area contributed by atoms with E-state index in [2.05, 4.69) is 36.9 Å². The van der Waals surface area contributed by atoms with E-state index in [1.54, 1.807) is 24.0 Å². The van der Waals surface area contributed by atoms with Crippen molar-refractivity contribution >= 4 is 18.0 Å². The third-order valence-corrected chi connectivity index (χ3v) is 5.26. The van der Waals surface area contributed by atoms with Gasteiger partial charge in [-0.3, -0.25) is 4.99 Å². The zero-order valence-corrected chi connectivity index (χ0v) is 18.0. The number of benzene rings is 1. The standard InChI is InChI=1S/C24H28N2OS/c1-6-8-22(21-10-7-9-18(21)4)24(28-5)16-26-15-19-11-12-23(27-17(2)3)20(13-19)14-25/h6,8,11-13,15-17H,1,7,9-10H2,2-5H3/b22-8+,24-16-,26-15?. The van der Waals surface area contributed by atoms with Gasteiger partial charge < -0.3 is 4.74 Å². The predicted molar refractivity (Wildman–Crippen MR) is 121 cm³/mol. The zero-order valence-electron chi connectivity index (χ0n) is 17.2. The van der Waals surface area contributed by atoms with E-state index in [4.69, 9.17) is 4.74 Å². The fourth-order valence-corrected chi connectivity index (χ4v) is 3.78. The third kappa shape index (κ3) is 5.74. The summed E-state index contributed by atoms with van der Waals surface area (Å²) in [5, 5.41) is 9.37. The smallest absolute Gasteiger partial charge is 0.137 e. The molecule has 0 aliphatic heterocycles. The molecule has 0 unspecified atom stereocenters. The minimum atomic E-state index is 0.0297. The van der Waals surface area contributed by atoms with Gasteiger partial charge in [-0.2, -0.15) is 5.26 Å². The Morgan fingerprint density at radius 2 is 2.14 bits per heavy atom. The topological polar surface area (TPSA) is 45.4 Å². The number of hydrogen-bond donors (Lipinski definition) is 0. The highest BCUT2D eigenvalue weighted by molar-refractivity contribution is 8.02. The fraction of sp³-hybridized carbons (Fsp3) is 0.333. The van der Waals surface area contributed by atoms with Gasteiger partial charge in [-0.05, 0) is 81.2 Å². The van der Waals surface area contributed by atoms with Crippen molar-refractivity contribution in [2.45, 2.75) is 46.1 Å². The summed E-state index contributed by atoms with van der Waals surface area (Å²) in [7, 11) is 0. The SMILES string of the molecule is C=C/C=C(C1=C(C)CCC1)/C(=C/N=Cc1ccc(OC(C)C)c(C#N)c1)SC. The summed E-state index contributed by atoms with van der Waals surface area (Å²) in [6, 6.07) is 7.74. The molecule has 0 atom stereocenters. The lowest BCUT2D eigenvalue weighted by molar-refractivity contribution is 0.241. The van der Waals surface area contributed by atoms with Crippen LogP contribution in [-0.4, -0.2) is 18.6 Å². The van der Waals surface area contributed by atoms with Crippen LogP contribution in [-0.2, 0) is 0 Å². The summed E-state index contributed by atoms with van der Waals surface area (Å²) >= 11 is 1.68. The number of rotatable bonds is 8. The summed E-state index contributed by atoms with van der Waals surface area (Å²) in [6.45, 7) is 9.98. The number of nitriles is 1. The molecule has 1 aliphatic carbocycles. The van der Waals surface area contributed by atoms with Crippen LogP contribution in [0.25, 0.3) is 0 Å². The maximum absolute atomic E-state index is 9.37. The second-order valence-corrected chi connectivity index (χ2v) is 7.79. The van der Waals surface area contributed by atoms with Gasteiger partial charge in [0.05, 0.1) is 11.7 Å². The molecule has 0 fully saturated rings. The van der Waals surface area contributed by atoms with E-state index in [0.29, 0.717) is 11.3 Å². The summed E-state index contributed by atoms with van der Waals surface area (Å²) in [6.07, 6.45) is 13.2. The van der Waals surface area contributed by atoms with Crippen molar-refractivity contribution in [1.82, 2.24) is 0 Å². The second kappa shape index (κ2) is 10.7. The maximum atomic E-state index is 9.37. The Balaban J connectivity index is 2.28. The average Bonchev–Trinajstić information content (AvgIpc) is 3.10. The normalized spacial score (nSPS) is 15.4. The van der Waals surface area contributed by atoms with Crippen LogP contribution in [0.15, 0.2) is 69.7 Å². The largest absolute Gasteiger partial charge is 0.490 e. The van der Waals surface area contributed by atoms with Gasteiger partial charge in [-0.1, -0.05) is 24.3 Å². The molecule has 0 amide bonds. The molecular weight excluding hydrogens is 364 g/mol. The van der Waals surface area contributed by atoms with Crippen molar-refractivity contribution in [3.05, 3.63) is 75.9 Å². The highest BCUT2D eigenvalue weighted by Gasteiger charge is 2.17. The van der Waals surface area contributed by atoms with Gasteiger partial charge in [0.1, 0.15) is 11.8 Å². The molecule has 28 heavy (non-hydrogen) atoms. The van der Waals surface area contributed by atoms with E-state index >= 15 is 0 Å². The Hall–Kier alpha value is -2.51. The van der Waals surface area contributed by atoms with Crippen molar-refractivity contribution < 1.29 is 4.74 Å². The summed E-state index contributed by atoms with van der Waals surface area (Å²) in [5.74, 6) is 0.606. The van der Waals surface area contributed by atoms with E-state index in [1.165, 1.54) is 23.1 Å². The molecule has 0 heterocycles. The van der Waals surface area contributed by atoms with Crippen molar-refractivity contribution in [1.29, 1.82) is 5.26 Å². The lowest BCUT2D eigenvalue weighted by Gasteiger charge is -2.12. The van der Waals surface area contributed by atoms with Crippen LogP contribution in [0.3, 0.4) is 0 Å². The molecule has 146 valence electrons. The third-order valence-electron chi connectivity index (χ3n) is 4.49. The Bertz CT molecular complexity index is 882. The number of nitrogens with zero attached hydrogens (tertiary/aromatic N) is 2. The molecule has 1 aliphatic rings. The fourth-order valence-electron chi connectivity index (χ4n) is 3.20. The van der Waals surface area contributed by atoms with Gasteiger partial charge in [-0.25, -0.2) is 0 Å². The van der Waals surface area contributed by atoms with Crippen LogP contribution < -0.4 is 4.74 Å². The van der Waals surface area contributed by atoms with Gasteiger partial charge in [0.2, 0.25) is 0 Å². The first-order valence-corrected chi connectivity index (χ1v) is 10.7. The van der Waals surface area contributed by atoms with E-state index in [-0.39, 0.29) is 6.10 Å². The summed E-state index contributed by atoms with van der Waals surface area (Å²) < 4.78 is 5.67. The van der Waals surface area contributed by atoms with Crippen LogP contribution in [0.2, 0.25) is 0 Å². The van der Waals surface area contributed by atoms with Crippen LogP contribution in [0, 0.1) is 11.3 Å². The molecule has 1 aromatic rings. The lowest BCUT2D eigenvalue weighted by atomic mass is 10.0. The predicted octanol–water partition coefficient (Wildman–Crippen LogP) is 6.58. The molecule has 1 aromatic carbocycles. The van der Waals surface area contributed by atoms with Gasteiger partial charge in [0.25, 0.3) is 0 Å². The molecule has 0 N–H and O–H groups in total. The van der Waals surface area contributed by atoms with Crippen molar-refractivity contribution in [2.75, 3.05) is 6.26 Å². The zero-order chi connectivity index (χ0) is 20.5. The Labute approximate surface area is 173 Å². The monoisotopic (exact) mass is 392 g/mol. The first-order chi connectivity index (χ1) is 13.5. The van der Waals surface area contributed by atoms with Crippen molar-refractivity contribution in [3.8, 4) is 11.8 Å². The average molecular weight is 393 g/mol. The van der Waals surface area contributed by atoms with Crippen molar-refractivity contribution in [3.63, 3.8) is 0 Å². The lowest BCUT2D eigenvalue weighted by Crippen LogP contribution is -2.06. The van der Waals surface area contributed by atoms with Crippen LogP contribution in [0.5, 0.6) is 5.75 Å². The van der Waals surface area contributed by atoms with Gasteiger partial charge in [0.15, 0.2) is 0 Å². The number of hydrogen-bond acceptors (Lipinski definition) is 4. The van der Waals surface area contributed by atoms with E-state index in [1.807, 2.05) is 38.3 Å². The molecule has 0 saturated carbocycles. The van der Waals surface area contributed by atoms with Gasteiger partial charge in [-0.15, -0.1) is 11.8 Å². The highest BCUT2D eigenvalue weighted by atomic mass is 32.2. The van der Waals surface area contributed by atoms with E-state index in [0.717, 1.165) is 23.3 Å². The molecular formula is C24H28N2OS. The minimum Gasteiger partial charge on any atom is -0.490 e. The van der Waals surface area contributed by atoms with Crippen LogP contribution in [0.4, 0.5) is 0 Å². The molecule has 0 aromatic heterocycles. The van der Waals surface area contributed by atoms with Crippen LogP contribution >= 0.6 is 11.8 Å². The number of thioether (sulfide) groups is 1. The Kier molecular flexibility index (Phi) is 8.35. The maximum Gasteiger partial charge on any atom is 0.137 e. The molecule has 0 saturated heterocycles. The first kappa shape index (κ1) is 21.8. The minimum absolute atomic E-state index is 0.0297. The Morgan fingerprint density at radius 1 is 1.36 bits per heavy atom. The molecule has 0 bridgehead atoms. The summed E-state index contributed by atoms with van der Waals surface area (Å²) in [4.78, 5) is 5.64. The highest BCUT2D eigenvalue weighted by Crippen LogP contribution is 2.37. The van der Waals surface area contributed by atoms with E-state index in [9.17, 15) is 5.26 Å². The van der Waals surface area contributed by atoms with E-state index < -0.39 is 0 Å². The molecule has 4 heteroatoms. The number of ether oxygens (including phenoxy) is 1. The van der Waals surface area contributed by atoms with Gasteiger partial charge in [0, 0.05) is 17.3 Å². The van der Waals surface area contributed by atoms with Crippen molar-refractivity contribution in [2.24, 2.45) is 4.99 Å². The molecule has 2 rings (SSSR count). The van der Waals surface area contributed by atoms with Gasteiger partial charge >= 0.3 is 0 Å². The molecule has 0 spiro atoms. The number of allylic oxidation sites excluding steroid dienone is 5. The Morgan fingerprint density at radius 3 is 2.71 bits per heavy atom. The number of aliphatic imine (C=N–C) groups is 1. The quantitative estimate of drug-likeness (QED) is 0.371. The van der Waals surface area contributed by atoms with Crippen LogP contribution in [0.1, 0.15) is 51.2 Å². The summed E-state index contributed by atoms with van der Waals surface area (Å²) in [5.41, 5.74) is 5.47.